The predicted octanol–water partition coefficient (Wildman–Crippen LogP) is 12.7. The van der Waals surface area contributed by atoms with Crippen molar-refractivity contribution in [1.82, 2.24) is 20.1 Å². The molecule has 75 heavy (non-hydrogen) atoms. The van der Waals surface area contributed by atoms with E-state index < -0.39 is 0 Å². The Morgan fingerprint density at radius 2 is 1.13 bits per heavy atom. The number of nitrogens with one attached hydrogen (secondary N) is 3. The number of quaternary nitrogens is 2. The van der Waals surface area contributed by atoms with Gasteiger partial charge in [-0.3, -0.25) is 14.6 Å². The summed E-state index contributed by atoms with van der Waals surface area (Å²) in [5.41, 5.74) is 8.76. The normalized spacial score (nSPS) is 12.8. The zero-order valence-corrected chi connectivity index (χ0v) is 49.5. The summed E-state index contributed by atoms with van der Waals surface area (Å²) in [4.78, 5) is 44.1. The molecule has 3 N–H and O–H groups in total. The molecular formula is C63H98N8O4+2. The lowest BCUT2D eigenvalue weighted by Gasteiger charge is -2.39. The fourth-order valence-corrected chi connectivity index (χ4v) is 7.32. The van der Waals surface area contributed by atoms with Crippen LogP contribution in [-0.2, 0) is 4.79 Å². The number of benzene rings is 4. The number of amides is 4. The molecule has 4 aromatic carbocycles. The smallest absolute Gasteiger partial charge is 0.319 e. The van der Waals surface area contributed by atoms with E-state index in [0.717, 1.165) is 76.6 Å². The van der Waals surface area contributed by atoms with Gasteiger partial charge in [0.25, 0.3) is 5.91 Å². The van der Waals surface area contributed by atoms with Crippen LogP contribution in [0.2, 0.25) is 0 Å². The summed E-state index contributed by atoms with van der Waals surface area (Å²) in [6.45, 7) is 27.7. The summed E-state index contributed by atoms with van der Waals surface area (Å²) in [6, 6.07) is 38.1. The molecule has 5 aromatic rings. The van der Waals surface area contributed by atoms with E-state index in [9.17, 15) is 14.4 Å². The molecular weight excluding hydrogens is 933 g/mol. The van der Waals surface area contributed by atoms with Gasteiger partial charge in [-0.15, -0.1) is 0 Å². The number of ether oxygens (including phenoxy) is 1. The van der Waals surface area contributed by atoms with Gasteiger partial charge in [-0.1, -0.05) is 124 Å². The van der Waals surface area contributed by atoms with Crippen LogP contribution in [0.3, 0.4) is 0 Å². The second-order valence-electron chi connectivity index (χ2n) is 22.9. The molecule has 12 nitrogen and oxygen atoms in total. The first-order valence-electron chi connectivity index (χ1n) is 27.0. The van der Waals surface area contributed by atoms with Gasteiger partial charge in [0.05, 0.1) is 81.6 Å². The van der Waals surface area contributed by atoms with Crippen molar-refractivity contribution in [2.45, 2.75) is 105 Å². The average molecular weight is 1030 g/mol. The lowest BCUT2D eigenvalue weighted by Crippen LogP contribution is -2.56. The van der Waals surface area contributed by atoms with Crippen LogP contribution in [0.25, 0.3) is 0 Å². The highest BCUT2D eigenvalue weighted by molar-refractivity contribution is 5.94. The molecule has 412 valence electrons. The molecule has 1 saturated heterocycles. The van der Waals surface area contributed by atoms with E-state index in [0.29, 0.717) is 42.6 Å². The Labute approximate surface area is 454 Å². The molecule has 0 atom stereocenters. The number of carbonyl (C=O) groups excluding carboxylic acids is 3. The molecule has 2 heterocycles. The number of hydrogen-bond donors (Lipinski definition) is 3. The maximum absolute atomic E-state index is 12.5. The topological polar surface area (TPSA) is 116 Å². The monoisotopic (exact) mass is 1030 g/mol. The van der Waals surface area contributed by atoms with E-state index in [2.05, 4.69) is 156 Å². The molecule has 0 bridgehead atoms. The summed E-state index contributed by atoms with van der Waals surface area (Å²) in [7, 11) is 16.4. The number of anilines is 2. The average Bonchev–Trinajstić information content (AvgIpc) is 3.36. The lowest BCUT2D eigenvalue weighted by atomic mass is 10.0. The molecule has 6 rings (SSSR count). The number of aromatic nitrogens is 1. The zero-order valence-electron chi connectivity index (χ0n) is 49.5. The number of rotatable bonds is 15. The number of nitrogens with zero attached hydrogens (tertiary/aromatic N) is 5. The number of pyridine rings is 1. The van der Waals surface area contributed by atoms with Gasteiger partial charge in [-0.05, 0) is 127 Å². The number of methoxy groups -OCH3 is 1. The van der Waals surface area contributed by atoms with Crippen molar-refractivity contribution >= 4 is 29.2 Å². The van der Waals surface area contributed by atoms with Gasteiger partial charge in [0, 0.05) is 41.8 Å². The molecule has 0 radical (unpaired) electrons. The molecule has 1 aliphatic heterocycles. The van der Waals surface area contributed by atoms with Crippen LogP contribution in [0.15, 0.2) is 121 Å². The Kier molecular flexibility index (Phi) is 28.7. The number of piperazine rings is 1. The fourth-order valence-electron chi connectivity index (χ4n) is 7.32. The molecule has 0 saturated carbocycles. The van der Waals surface area contributed by atoms with E-state index in [1.807, 2.05) is 115 Å². The molecule has 4 amide bonds. The third kappa shape index (κ3) is 27.3. The van der Waals surface area contributed by atoms with Gasteiger partial charge >= 0.3 is 6.03 Å². The van der Waals surface area contributed by atoms with E-state index >= 15 is 0 Å². The van der Waals surface area contributed by atoms with Crippen LogP contribution < -0.4 is 20.7 Å². The number of hydrogen-bond acceptors (Lipinski definition) is 6. The molecule has 0 aliphatic carbocycles. The SMILES string of the molecule is CC(C)c1cccc(C(=O)N2CC[N+](C)(C)CC2)c1.CC(C)c1cccc(NC(=O)CCN(C)C)c1.CC(C)c1cccc(NC(=O)NCC[N+](C)(C)C)c1.CC(C)c1ccccn1.COc1cccc(C(C)C)c1. The molecule has 1 fully saturated rings. The Morgan fingerprint density at radius 3 is 1.59 bits per heavy atom. The first-order valence-corrected chi connectivity index (χ1v) is 27.0. The summed E-state index contributed by atoms with van der Waals surface area (Å²) >= 11 is 0. The quantitative estimate of drug-likeness (QED) is 0.0900. The van der Waals surface area contributed by atoms with Gasteiger partial charge in [0.2, 0.25) is 5.91 Å². The minimum Gasteiger partial charge on any atom is -0.497 e. The summed E-state index contributed by atoms with van der Waals surface area (Å²) in [5.74, 6) is 3.72. The highest BCUT2D eigenvalue weighted by atomic mass is 16.5. The summed E-state index contributed by atoms with van der Waals surface area (Å²) < 4.78 is 6.95. The van der Waals surface area contributed by atoms with Crippen LogP contribution >= 0.6 is 0 Å². The standard InChI is InChI=1S/C16H25N2O.C15H25N3O.C14H22N2O.C10H14O.C8H11N/c1-13(2)14-6-5-7-15(12-14)16(19)17-8-10-18(3,4)11-9-17;1-12(2)13-7-6-8-14(11-13)17-15(19)16-9-10-18(3,4)5;1-11(2)12-6-5-7-13(10-12)15-14(17)8-9-16(3)4;1-8(2)9-5-4-6-10(7-9)11-3;1-7(2)8-5-3-4-6-9-8/h5-7,12-13H,8-11H2,1-4H3;6-8,11-12H,9-10H2,1-5H3,(H-,16,17,19);5-7,10-11H,8-9H2,1-4H3,(H,15,17);4-8H,1-3H3;3-7H,1-2H3/q+1;;;;/p+1. The van der Waals surface area contributed by atoms with Gasteiger partial charge in [0.1, 0.15) is 5.75 Å². The molecule has 0 spiro atoms. The van der Waals surface area contributed by atoms with Crippen molar-refractivity contribution < 1.29 is 28.1 Å². The number of carbonyl (C=O) groups is 3. The zero-order chi connectivity index (χ0) is 56.3. The third-order valence-electron chi connectivity index (χ3n) is 12.6. The second-order valence-corrected chi connectivity index (χ2v) is 22.9. The largest absolute Gasteiger partial charge is 0.497 e. The Hall–Kier alpha value is -6.08. The summed E-state index contributed by atoms with van der Waals surface area (Å²) in [5, 5.41) is 8.66. The fraction of sp³-hybridized carbons (Fsp3) is 0.492. The van der Waals surface area contributed by atoms with Crippen molar-refractivity contribution in [1.29, 1.82) is 0 Å². The minimum atomic E-state index is -0.144. The Morgan fingerprint density at radius 1 is 0.640 bits per heavy atom. The van der Waals surface area contributed by atoms with E-state index in [1.165, 1.54) is 22.3 Å². The van der Waals surface area contributed by atoms with Crippen molar-refractivity contribution in [3.8, 4) is 5.75 Å². The second kappa shape index (κ2) is 33.1. The number of urea groups is 1. The highest BCUT2D eigenvalue weighted by Crippen LogP contribution is 2.22. The van der Waals surface area contributed by atoms with Crippen LogP contribution in [0.5, 0.6) is 5.75 Å². The van der Waals surface area contributed by atoms with E-state index in [4.69, 9.17) is 4.74 Å². The van der Waals surface area contributed by atoms with Crippen molar-refractivity contribution in [3.05, 3.63) is 155 Å². The van der Waals surface area contributed by atoms with Crippen molar-refractivity contribution in [3.63, 3.8) is 0 Å². The minimum absolute atomic E-state index is 0.0691. The number of likely N-dealkylation sites (N-methyl/N-ethyl adjacent to an activating group) is 2. The van der Waals surface area contributed by atoms with Gasteiger partial charge in [-0.25, -0.2) is 4.79 Å². The summed E-state index contributed by atoms with van der Waals surface area (Å²) in [6.07, 6.45) is 2.36. The highest BCUT2D eigenvalue weighted by Gasteiger charge is 2.28. The Balaban J connectivity index is 0.000000329. The van der Waals surface area contributed by atoms with Gasteiger partial charge in [-0.2, -0.15) is 0 Å². The van der Waals surface area contributed by atoms with Gasteiger partial charge < -0.3 is 39.5 Å². The maximum atomic E-state index is 12.5. The van der Waals surface area contributed by atoms with Crippen LogP contribution in [0, 0.1) is 0 Å². The maximum Gasteiger partial charge on any atom is 0.319 e. The van der Waals surface area contributed by atoms with E-state index in [1.54, 1.807) is 7.11 Å². The van der Waals surface area contributed by atoms with Crippen LogP contribution in [0.4, 0.5) is 16.2 Å². The van der Waals surface area contributed by atoms with Gasteiger partial charge in [0.15, 0.2) is 0 Å². The van der Waals surface area contributed by atoms with Crippen LogP contribution in [-0.4, -0.2) is 144 Å². The van der Waals surface area contributed by atoms with E-state index in [-0.39, 0.29) is 17.8 Å². The predicted molar refractivity (Wildman–Crippen MR) is 316 cm³/mol. The first-order chi connectivity index (χ1) is 35.2. The van der Waals surface area contributed by atoms with Crippen LogP contribution in [0.1, 0.15) is 144 Å². The molecule has 0 unspecified atom stereocenters. The van der Waals surface area contributed by atoms with Crippen molar-refractivity contribution in [2.75, 3.05) is 113 Å². The third-order valence-corrected chi connectivity index (χ3v) is 12.6. The Bertz CT molecular complexity index is 2420. The molecule has 1 aliphatic rings. The molecule has 1 aromatic heterocycles. The first kappa shape index (κ1) is 65.0. The lowest BCUT2D eigenvalue weighted by molar-refractivity contribution is -0.894. The molecule has 12 heteroatoms. The van der Waals surface area contributed by atoms with Crippen molar-refractivity contribution in [2.24, 2.45) is 0 Å².